The molecule has 3 rings (SSSR count). The number of rotatable bonds is 11. The lowest BCUT2D eigenvalue weighted by Gasteiger charge is -2.11. The smallest absolute Gasteiger partial charge is 0.191 e. The number of halogens is 1. The van der Waals surface area contributed by atoms with Crippen molar-refractivity contribution in [3.8, 4) is 10.6 Å². The van der Waals surface area contributed by atoms with Gasteiger partial charge >= 0.3 is 0 Å². The highest BCUT2D eigenvalue weighted by atomic mass is 127. The molecule has 1 aromatic heterocycles. The fourth-order valence-electron chi connectivity index (χ4n) is 3.11. The van der Waals surface area contributed by atoms with Crippen molar-refractivity contribution < 1.29 is 9.47 Å². The minimum absolute atomic E-state index is 0. The van der Waals surface area contributed by atoms with Crippen LogP contribution < -0.4 is 10.6 Å². The van der Waals surface area contributed by atoms with Gasteiger partial charge in [-0.15, -0.1) is 35.3 Å². The monoisotopic (exact) mass is 544 g/mol. The van der Waals surface area contributed by atoms with Gasteiger partial charge in [0.1, 0.15) is 5.01 Å². The molecule has 1 saturated heterocycles. The summed E-state index contributed by atoms with van der Waals surface area (Å²) < 4.78 is 11.1. The van der Waals surface area contributed by atoms with Crippen molar-refractivity contribution in [2.45, 2.75) is 26.2 Å². The maximum absolute atomic E-state index is 5.74. The zero-order valence-electron chi connectivity index (χ0n) is 17.6. The summed E-state index contributed by atoms with van der Waals surface area (Å²) in [5, 5.41) is 9.91. The maximum Gasteiger partial charge on any atom is 0.191 e. The SMILES string of the molecule is CCNC(=NCCCOCC1CCOC1)NCCc1csc(-c2ccccc2)n1.I. The average molecular weight is 545 g/mol. The number of hydrogen-bond donors (Lipinski definition) is 2. The fraction of sp³-hybridized carbons (Fsp3) is 0.545. The van der Waals surface area contributed by atoms with E-state index in [2.05, 4.69) is 40.1 Å². The molecule has 0 aliphatic carbocycles. The fourth-order valence-corrected chi connectivity index (χ4v) is 3.97. The van der Waals surface area contributed by atoms with Crippen LogP contribution in [0, 0.1) is 5.92 Å². The Balaban J connectivity index is 0.00000320. The van der Waals surface area contributed by atoms with Crippen LogP contribution in [0.3, 0.4) is 0 Å². The van der Waals surface area contributed by atoms with E-state index in [0.29, 0.717) is 5.92 Å². The highest BCUT2D eigenvalue weighted by molar-refractivity contribution is 14.0. The van der Waals surface area contributed by atoms with Gasteiger partial charge in [0.2, 0.25) is 0 Å². The third-order valence-electron chi connectivity index (χ3n) is 4.68. The van der Waals surface area contributed by atoms with E-state index in [1.54, 1.807) is 11.3 Å². The standard InChI is InChI=1S/C22H32N4O2S.HI/c1-2-23-22(24-11-6-13-27-15-18-10-14-28-16-18)25-12-9-20-17-29-21(26-20)19-7-4-3-5-8-19;/h3-5,7-8,17-18H,2,6,9-16H2,1H3,(H2,23,24,25);1H. The number of aromatic nitrogens is 1. The van der Waals surface area contributed by atoms with Gasteiger partial charge in [-0.05, 0) is 19.8 Å². The molecule has 0 amide bonds. The van der Waals surface area contributed by atoms with Gasteiger partial charge in [0, 0.05) is 56.1 Å². The normalized spacial score (nSPS) is 16.3. The Morgan fingerprint density at radius 1 is 1.30 bits per heavy atom. The molecule has 0 radical (unpaired) electrons. The van der Waals surface area contributed by atoms with Crippen LogP contribution in [0.15, 0.2) is 40.7 Å². The van der Waals surface area contributed by atoms with E-state index >= 15 is 0 Å². The first-order valence-corrected chi connectivity index (χ1v) is 11.4. The summed E-state index contributed by atoms with van der Waals surface area (Å²) in [6.07, 6.45) is 2.93. The van der Waals surface area contributed by atoms with Crippen molar-refractivity contribution >= 4 is 41.3 Å². The topological polar surface area (TPSA) is 67.8 Å². The van der Waals surface area contributed by atoms with E-state index in [1.165, 1.54) is 5.56 Å². The lowest BCUT2D eigenvalue weighted by atomic mass is 10.1. The molecule has 1 aromatic carbocycles. The highest BCUT2D eigenvalue weighted by Gasteiger charge is 2.15. The number of aliphatic imine (C=N–C) groups is 1. The van der Waals surface area contributed by atoms with E-state index in [4.69, 9.17) is 14.5 Å². The molecule has 1 aliphatic heterocycles. The summed E-state index contributed by atoms with van der Waals surface area (Å²) >= 11 is 1.70. The summed E-state index contributed by atoms with van der Waals surface area (Å²) in [6, 6.07) is 10.3. The summed E-state index contributed by atoms with van der Waals surface area (Å²) in [4.78, 5) is 9.38. The molecule has 8 heteroatoms. The Bertz CT molecular complexity index is 736. The molecule has 6 nitrogen and oxygen atoms in total. The van der Waals surface area contributed by atoms with Crippen molar-refractivity contribution in [3.63, 3.8) is 0 Å². The molecular formula is C22H33IN4O2S. The van der Waals surface area contributed by atoms with Gasteiger partial charge in [0.05, 0.1) is 18.9 Å². The molecule has 1 fully saturated rings. The van der Waals surface area contributed by atoms with Crippen LogP contribution in [-0.4, -0.2) is 57.0 Å². The van der Waals surface area contributed by atoms with Crippen LogP contribution in [0.25, 0.3) is 10.6 Å². The number of thiazole rings is 1. The number of nitrogens with one attached hydrogen (secondary N) is 2. The maximum atomic E-state index is 5.74. The van der Waals surface area contributed by atoms with Gasteiger partial charge in [-0.2, -0.15) is 0 Å². The Kier molecular flexibility index (Phi) is 12.3. The zero-order chi connectivity index (χ0) is 20.2. The van der Waals surface area contributed by atoms with E-state index in [1.807, 2.05) is 18.2 Å². The molecule has 0 spiro atoms. The number of guanidine groups is 1. The minimum Gasteiger partial charge on any atom is -0.381 e. The van der Waals surface area contributed by atoms with Crippen molar-refractivity contribution in [3.05, 3.63) is 41.4 Å². The molecule has 2 heterocycles. The highest BCUT2D eigenvalue weighted by Crippen LogP contribution is 2.23. The zero-order valence-corrected chi connectivity index (χ0v) is 20.8. The van der Waals surface area contributed by atoms with Crippen LogP contribution in [-0.2, 0) is 15.9 Å². The number of nitrogens with zero attached hydrogens (tertiary/aromatic N) is 2. The van der Waals surface area contributed by atoms with Crippen LogP contribution in [0.4, 0.5) is 0 Å². The molecule has 1 unspecified atom stereocenters. The van der Waals surface area contributed by atoms with Gasteiger partial charge in [0.15, 0.2) is 5.96 Å². The summed E-state index contributed by atoms with van der Waals surface area (Å²) in [7, 11) is 0. The number of hydrogen-bond acceptors (Lipinski definition) is 5. The van der Waals surface area contributed by atoms with E-state index < -0.39 is 0 Å². The lowest BCUT2D eigenvalue weighted by molar-refractivity contribution is 0.0893. The number of ether oxygens (including phenoxy) is 2. The second kappa shape index (κ2) is 14.7. The van der Waals surface area contributed by atoms with Crippen molar-refractivity contribution in [2.75, 3.05) is 46.1 Å². The molecule has 30 heavy (non-hydrogen) atoms. The third-order valence-corrected chi connectivity index (χ3v) is 5.62. The molecule has 0 bridgehead atoms. The first kappa shape index (κ1) is 25.0. The summed E-state index contributed by atoms with van der Waals surface area (Å²) in [5.74, 6) is 1.43. The summed E-state index contributed by atoms with van der Waals surface area (Å²) in [6.45, 7) is 7.77. The minimum atomic E-state index is 0. The Morgan fingerprint density at radius 2 is 2.17 bits per heavy atom. The third kappa shape index (κ3) is 8.87. The quantitative estimate of drug-likeness (QED) is 0.194. The molecular weight excluding hydrogens is 511 g/mol. The first-order valence-electron chi connectivity index (χ1n) is 10.5. The Morgan fingerprint density at radius 3 is 2.93 bits per heavy atom. The molecule has 1 aliphatic rings. The van der Waals surface area contributed by atoms with Crippen molar-refractivity contribution in [1.82, 2.24) is 15.6 Å². The number of benzene rings is 1. The van der Waals surface area contributed by atoms with Gasteiger partial charge in [-0.25, -0.2) is 4.98 Å². The van der Waals surface area contributed by atoms with Gasteiger partial charge in [0.25, 0.3) is 0 Å². The van der Waals surface area contributed by atoms with Crippen LogP contribution in [0.2, 0.25) is 0 Å². The second-order valence-electron chi connectivity index (χ2n) is 7.11. The first-order chi connectivity index (χ1) is 14.3. The van der Waals surface area contributed by atoms with Gasteiger partial charge < -0.3 is 20.1 Å². The van der Waals surface area contributed by atoms with Gasteiger partial charge in [-0.1, -0.05) is 30.3 Å². The molecule has 1 atom stereocenters. The Hall–Kier alpha value is -1.23. The predicted molar refractivity (Wildman–Crippen MR) is 135 cm³/mol. The van der Waals surface area contributed by atoms with Crippen molar-refractivity contribution in [2.24, 2.45) is 10.9 Å². The molecule has 166 valence electrons. The van der Waals surface area contributed by atoms with Gasteiger partial charge in [-0.3, -0.25) is 4.99 Å². The van der Waals surface area contributed by atoms with Crippen molar-refractivity contribution in [1.29, 1.82) is 0 Å². The predicted octanol–water partition coefficient (Wildman–Crippen LogP) is 3.97. The Labute approximate surface area is 200 Å². The van der Waals surface area contributed by atoms with E-state index in [0.717, 1.165) is 82.0 Å². The van der Waals surface area contributed by atoms with Crippen LogP contribution in [0.1, 0.15) is 25.5 Å². The lowest BCUT2D eigenvalue weighted by Crippen LogP contribution is -2.38. The largest absolute Gasteiger partial charge is 0.381 e. The van der Waals surface area contributed by atoms with E-state index in [-0.39, 0.29) is 24.0 Å². The van der Waals surface area contributed by atoms with Crippen LogP contribution >= 0.6 is 35.3 Å². The average Bonchev–Trinajstić information content (AvgIpc) is 3.43. The van der Waals surface area contributed by atoms with Crippen LogP contribution in [0.5, 0.6) is 0 Å². The second-order valence-corrected chi connectivity index (χ2v) is 7.96. The van der Waals surface area contributed by atoms with E-state index in [9.17, 15) is 0 Å². The molecule has 0 saturated carbocycles. The summed E-state index contributed by atoms with van der Waals surface area (Å²) in [5.41, 5.74) is 2.29. The molecule has 2 aromatic rings. The molecule has 2 N–H and O–H groups in total.